The molecule has 2 rings (SSSR count). The van der Waals surface area contributed by atoms with Crippen molar-refractivity contribution in [3.63, 3.8) is 0 Å². The standard InChI is InChI=1S/C13H19N3O/c1-9-5-10(2)16(15-9)8-13-6-12(7-14-4)11(3)17-13/h5-6,14H,7-8H2,1-4H3. The smallest absolute Gasteiger partial charge is 0.125 e. The molecular weight excluding hydrogens is 214 g/mol. The molecule has 0 spiro atoms. The van der Waals surface area contributed by atoms with E-state index in [2.05, 4.69) is 29.5 Å². The van der Waals surface area contributed by atoms with Gasteiger partial charge in [0, 0.05) is 17.8 Å². The molecule has 2 aromatic heterocycles. The Morgan fingerprint density at radius 3 is 2.65 bits per heavy atom. The van der Waals surface area contributed by atoms with Crippen LogP contribution in [0.3, 0.4) is 0 Å². The van der Waals surface area contributed by atoms with Crippen molar-refractivity contribution in [2.75, 3.05) is 7.05 Å². The summed E-state index contributed by atoms with van der Waals surface area (Å²) >= 11 is 0. The molecule has 2 heterocycles. The highest BCUT2D eigenvalue weighted by Gasteiger charge is 2.09. The van der Waals surface area contributed by atoms with Gasteiger partial charge in [-0.2, -0.15) is 5.10 Å². The first-order valence-corrected chi connectivity index (χ1v) is 5.84. The minimum absolute atomic E-state index is 0.699. The van der Waals surface area contributed by atoms with Crippen LogP contribution in [0, 0.1) is 20.8 Å². The van der Waals surface area contributed by atoms with Crippen molar-refractivity contribution in [2.45, 2.75) is 33.9 Å². The fraction of sp³-hybridized carbons (Fsp3) is 0.462. The van der Waals surface area contributed by atoms with Crippen molar-refractivity contribution in [3.05, 3.63) is 40.6 Å². The van der Waals surface area contributed by atoms with E-state index < -0.39 is 0 Å². The summed E-state index contributed by atoms with van der Waals surface area (Å²) in [5, 5.41) is 7.57. The quantitative estimate of drug-likeness (QED) is 0.880. The van der Waals surface area contributed by atoms with Gasteiger partial charge in [0.05, 0.1) is 12.2 Å². The van der Waals surface area contributed by atoms with Crippen LogP contribution in [0.2, 0.25) is 0 Å². The predicted molar refractivity (Wildman–Crippen MR) is 67.0 cm³/mol. The van der Waals surface area contributed by atoms with Crippen molar-refractivity contribution < 1.29 is 4.42 Å². The minimum Gasteiger partial charge on any atom is -0.464 e. The second-order valence-electron chi connectivity index (χ2n) is 4.41. The molecule has 0 unspecified atom stereocenters. The topological polar surface area (TPSA) is 43.0 Å². The van der Waals surface area contributed by atoms with Crippen molar-refractivity contribution in [3.8, 4) is 0 Å². The molecule has 0 radical (unpaired) electrons. The number of furan rings is 1. The Morgan fingerprint density at radius 2 is 2.06 bits per heavy atom. The molecule has 0 amide bonds. The van der Waals surface area contributed by atoms with Gasteiger partial charge >= 0.3 is 0 Å². The zero-order chi connectivity index (χ0) is 12.4. The third kappa shape index (κ3) is 2.58. The molecule has 0 saturated carbocycles. The fourth-order valence-corrected chi connectivity index (χ4v) is 2.01. The lowest BCUT2D eigenvalue weighted by Crippen LogP contribution is -2.05. The van der Waals surface area contributed by atoms with E-state index in [9.17, 15) is 0 Å². The van der Waals surface area contributed by atoms with Crippen LogP contribution in [0.25, 0.3) is 0 Å². The molecule has 0 aromatic carbocycles. The molecule has 2 aromatic rings. The normalized spacial score (nSPS) is 11.1. The number of nitrogens with zero attached hydrogens (tertiary/aromatic N) is 2. The second-order valence-corrected chi connectivity index (χ2v) is 4.41. The highest BCUT2D eigenvalue weighted by molar-refractivity contribution is 5.21. The van der Waals surface area contributed by atoms with Crippen LogP contribution in [0.5, 0.6) is 0 Å². The maximum absolute atomic E-state index is 5.73. The van der Waals surface area contributed by atoms with E-state index in [1.165, 1.54) is 5.56 Å². The molecule has 0 aliphatic carbocycles. The molecule has 0 aliphatic rings. The Balaban J connectivity index is 2.18. The molecule has 0 fully saturated rings. The van der Waals surface area contributed by atoms with Crippen molar-refractivity contribution in [1.82, 2.24) is 15.1 Å². The molecule has 0 bridgehead atoms. The first-order valence-electron chi connectivity index (χ1n) is 5.84. The first kappa shape index (κ1) is 11.9. The lowest BCUT2D eigenvalue weighted by Gasteiger charge is -2.00. The van der Waals surface area contributed by atoms with Crippen LogP contribution < -0.4 is 5.32 Å². The van der Waals surface area contributed by atoms with Gasteiger partial charge in [-0.25, -0.2) is 0 Å². The SMILES string of the molecule is CNCc1cc(Cn2nc(C)cc2C)oc1C. The van der Waals surface area contributed by atoms with E-state index in [0.717, 1.165) is 29.5 Å². The summed E-state index contributed by atoms with van der Waals surface area (Å²) in [6, 6.07) is 4.17. The summed E-state index contributed by atoms with van der Waals surface area (Å²) < 4.78 is 7.70. The number of hydrogen-bond donors (Lipinski definition) is 1. The van der Waals surface area contributed by atoms with Gasteiger partial charge in [-0.3, -0.25) is 4.68 Å². The third-order valence-corrected chi connectivity index (χ3v) is 2.85. The fourth-order valence-electron chi connectivity index (χ4n) is 2.01. The van der Waals surface area contributed by atoms with E-state index in [1.807, 2.05) is 25.6 Å². The van der Waals surface area contributed by atoms with Crippen LogP contribution in [-0.2, 0) is 13.1 Å². The summed E-state index contributed by atoms with van der Waals surface area (Å²) in [5.41, 5.74) is 3.41. The van der Waals surface area contributed by atoms with E-state index in [-0.39, 0.29) is 0 Å². The maximum Gasteiger partial charge on any atom is 0.125 e. The average molecular weight is 233 g/mol. The molecule has 4 heteroatoms. The Morgan fingerprint density at radius 1 is 1.29 bits per heavy atom. The molecule has 0 saturated heterocycles. The molecule has 0 aliphatic heterocycles. The summed E-state index contributed by atoms with van der Waals surface area (Å²) in [6.45, 7) is 7.60. The molecular formula is C13H19N3O. The first-order chi connectivity index (χ1) is 8.10. The average Bonchev–Trinajstić information content (AvgIpc) is 2.73. The highest BCUT2D eigenvalue weighted by atomic mass is 16.3. The van der Waals surface area contributed by atoms with Gasteiger partial charge in [0.15, 0.2) is 0 Å². The Labute approximate surface area is 102 Å². The zero-order valence-corrected chi connectivity index (χ0v) is 10.9. The summed E-state index contributed by atoms with van der Waals surface area (Å²) in [6.07, 6.45) is 0. The number of aryl methyl sites for hydroxylation is 3. The van der Waals surface area contributed by atoms with Crippen LogP contribution in [0.4, 0.5) is 0 Å². The molecule has 17 heavy (non-hydrogen) atoms. The van der Waals surface area contributed by atoms with Crippen molar-refractivity contribution >= 4 is 0 Å². The number of rotatable bonds is 4. The molecule has 1 N–H and O–H groups in total. The van der Waals surface area contributed by atoms with E-state index in [4.69, 9.17) is 4.42 Å². The Kier molecular flexibility index (Phi) is 3.33. The van der Waals surface area contributed by atoms with Crippen LogP contribution >= 0.6 is 0 Å². The number of nitrogens with one attached hydrogen (secondary N) is 1. The van der Waals surface area contributed by atoms with E-state index >= 15 is 0 Å². The Hall–Kier alpha value is -1.55. The monoisotopic (exact) mass is 233 g/mol. The van der Waals surface area contributed by atoms with Gasteiger partial charge in [-0.05, 0) is 40.0 Å². The van der Waals surface area contributed by atoms with Crippen molar-refractivity contribution in [2.24, 2.45) is 0 Å². The number of aromatic nitrogens is 2. The third-order valence-electron chi connectivity index (χ3n) is 2.85. The van der Waals surface area contributed by atoms with Gasteiger partial charge in [0.25, 0.3) is 0 Å². The van der Waals surface area contributed by atoms with Gasteiger partial charge < -0.3 is 9.73 Å². The largest absolute Gasteiger partial charge is 0.464 e. The summed E-state index contributed by atoms with van der Waals surface area (Å²) in [4.78, 5) is 0. The zero-order valence-electron chi connectivity index (χ0n) is 10.9. The van der Waals surface area contributed by atoms with Crippen LogP contribution in [-0.4, -0.2) is 16.8 Å². The lowest BCUT2D eigenvalue weighted by atomic mass is 10.2. The number of hydrogen-bond acceptors (Lipinski definition) is 3. The van der Waals surface area contributed by atoms with Crippen molar-refractivity contribution in [1.29, 1.82) is 0 Å². The second kappa shape index (κ2) is 4.75. The highest BCUT2D eigenvalue weighted by Crippen LogP contribution is 2.16. The van der Waals surface area contributed by atoms with Crippen LogP contribution in [0.15, 0.2) is 16.5 Å². The van der Waals surface area contributed by atoms with E-state index in [1.54, 1.807) is 0 Å². The molecule has 92 valence electrons. The Bertz CT molecular complexity index is 511. The molecule has 0 atom stereocenters. The van der Waals surface area contributed by atoms with Gasteiger partial charge in [0.1, 0.15) is 11.5 Å². The molecule has 4 nitrogen and oxygen atoms in total. The minimum atomic E-state index is 0.699. The van der Waals surface area contributed by atoms with Gasteiger partial charge in [-0.1, -0.05) is 0 Å². The summed E-state index contributed by atoms with van der Waals surface area (Å²) in [7, 11) is 1.94. The lowest BCUT2D eigenvalue weighted by molar-refractivity contribution is 0.453. The van der Waals surface area contributed by atoms with E-state index in [0.29, 0.717) is 6.54 Å². The predicted octanol–water partition coefficient (Wildman–Crippen LogP) is 2.17. The maximum atomic E-state index is 5.73. The van der Waals surface area contributed by atoms with Crippen LogP contribution in [0.1, 0.15) is 28.5 Å². The summed E-state index contributed by atoms with van der Waals surface area (Å²) in [5.74, 6) is 1.94. The van der Waals surface area contributed by atoms with Gasteiger partial charge in [-0.15, -0.1) is 0 Å². The van der Waals surface area contributed by atoms with Gasteiger partial charge in [0.2, 0.25) is 0 Å².